The van der Waals surface area contributed by atoms with E-state index in [2.05, 4.69) is 22.3 Å². The smallest absolute Gasteiger partial charge is 0.311 e. The van der Waals surface area contributed by atoms with E-state index < -0.39 is 0 Å². The van der Waals surface area contributed by atoms with Crippen molar-refractivity contribution in [3.8, 4) is 11.1 Å². The van der Waals surface area contributed by atoms with Crippen molar-refractivity contribution >= 4 is 29.2 Å². The summed E-state index contributed by atoms with van der Waals surface area (Å²) in [5.74, 6) is 0.879. The molecular weight excluding hydrogens is 743 g/mol. The van der Waals surface area contributed by atoms with E-state index in [-0.39, 0.29) is 34.7 Å². The zero-order chi connectivity index (χ0) is 40.6. The molecule has 3 atom stereocenters. The molecule has 2 bridgehead atoms. The number of nitrogens with zero attached hydrogens (tertiary/aromatic N) is 6. The fourth-order valence-corrected chi connectivity index (χ4v) is 12.3. The second-order valence-corrected chi connectivity index (χ2v) is 18.7. The van der Waals surface area contributed by atoms with Crippen LogP contribution in [-0.2, 0) is 42.5 Å². The molecule has 6 aliphatic rings. The number of benzene rings is 2. The lowest BCUT2D eigenvalue weighted by molar-refractivity contribution is -0.152. The molecule has 10 rings (SSSR count). The van der Waals surface area contributed by atoms with E-state index in [0.29, 0.717) is 29.9 Å². The maximum Gasteiger partial charge on any atom is 0.311 e. The van der Waals surface area contributed by atoms with E-state index in [4.69, 9.17) is 14.8 Å². The fourth-order valence-electron chi connectivity index (χ4n) is 12.3. The minimum absolute atomic E-state index is 0.0236. The molecule has 0 radical (unpaired) electrons. The summed E-state index contributed by atoms with van der Waals surface area (Å²) in [7, 11) is 3.46. The maximum atomic E-state index is 14.1. The lowest BCUT2D eigenvalue weighted by atomic mass is 9.80. The maximum absolute atomic E-state index is 14.1. The monoisotopic (exact) mass is 799 g/mol. The van der Waals surface area contributed by atoms with E-state index >= 15 is 0 Å². The van der Waals surface area contributed by atoms with Crippen molar-refractivity contribution in [1.82, 2.24) is 24.2 Å². The highest BCUT2D eigenvalue weighted by molar-refractivity contribution is 6.07. The predicted octanol–water partition coefficient (Wildman–Crippen LogP) is 6.96. The van der Waals surface area contributed by atoms with E-state index in [0.717, 1.165) is 160 Å². The zero-order valence-electron chi connectivity index (χ0n) is 34.8. The zero-order valence-corrected chi connectivity index (χ0v) is 34.8. The van der Waals surface area contributed by atoms with Crippen LogP contribution in [0.5, 0.6) is 0 Å². The summed E-state index contributed by atoms with van der Waals surface area (Å²) >= 11 is 0. The molecule has 2 N–H and O–H groups in total. The molecular formula is C47H57N7O5. The van der Waals surface area contributed by atoms with Crippen LogP contribution in [0.1, 0.15) is 126 Å². The molecule has 2 unspecified atom stereocenters. The molecule has 0 spiro atoms. The lowest BCUT2D eigenvalue weighted by Crippen LogP contribution is -2.34. The Balaban J connectivity index is 0.824. The highest BCUT2D eigenvalue weighted by Gasteiger charge is 2.58. The summed E-state index contributed by atoms with van der Waals surface area (Å²) in [6, 6.07) is 14.2. The van der Waals surface area contributed by atoms with Crippen molar-refractivity contribution in [1.29, 1.82) is 0 Å². The van der Waals surface area contributed by atoms with Crippen molar-refractivity contribution in [2.45, 2.75) is 116 Å². The van der Waals surface area contributed by atoms with Crippen LogP contribution in [0, 0.1) is 23.7 Å². The van der Waals surface area contributed by atoms with Crippen LogP contribution in [0.15, 0.2) is 42.5 Å². The summed E-state index contributed by atoms with van der Waals surface area (Å²) in [5.41, 5.74) is 9.52. The number of anilines is 2. The first-order valence-corrected chi connectivity index (χ1v) is 22.0. The first kappa shape index (κ1) is 38.4. The van der Waals surface area contributed by atoms with Crippen molar-refractivity contribution < 1.29 is 24.2 Å². The first-order chi connectivity index (χ1) is 28.5. The van der Waals surface area contributed by atoms with Gasteiger partial charge in [-0.25, -0.2) is 4.98 Å². The number of carbonyl (C=O) groups excluding carboxylic acids is 3. The molecule has 3 aliphatic heterocycles. The Morgan fingerprint density at radius 3 is 2.59 bits per heavy atom. The van der Waals surface area contributed by atoms with Crippen molar-refractivity contribution in [2.75, 3.05) is 37.0 Å². The van der Waals surface area contributed by atoms with Gasteiger partial charge in [-0.3, -0.25) is 24.0 Å². The Kier molecular flexibility index (Phi) is 9.58. The molecule has 59 heavy (non-hydrogen) atoms. The standard InChI is InChI=1S/C47H57N7O5/c1-29-32(34-8-5-11-39-35(34)14-23-53(39)44(57)37-26-41-33(9-6-21-54(41)50-37)30-12-13-31(55)25-30)7-4-10-36(29)49-43(56)42-48-38-27-52(22-15-40(38)51(42)2)24-20-46-16-18-47(28-46,19-17-46)45(58)59-3/h4-5,7-8,10-11,26,30-31,33,55H,6,9,12-25,27-28H2,1-3H3,(H,49,56)/t30?,31-,33?,46?,47?/m1/s1. The molecule has 2 amide bonds. The number of imidazole rings is 1. The summed E-state index contributed by atoms with van der Waals surface area (Å²) in [5, 5.41) is 18.3. The Bertz CT molecular complexity index is 2340. The van der Waals surface area contributed by atoms with Gasteiger partial charge in [0, 0.05) is 68.3 Å². The molecule has 3 saturated carbocycles. The second kappa shape index (κ2) is 14.7. The summed E-state index contributed by atoms with van der Waals surface area (Å²) in [6.07, 6.45) is 12.3. The molecule has 0 saturated heterocycles. The van der Waals surface area contributed by atoms with E-state index in [1.807, 2.05) is 58.5 Å². The van der Waals surface area contributed by atoms with Gasteiger partial charge < -0.3 is 24.6 Å². The van der Waals surface area contributed by atoms with Crippen molar-refractivity contribution in [2.24, 2.45) is 23.8 Å². The summed E-state index contributed by atoms with van der Waals surface area (Å²) in [6.45, 7) is 6.06. The number of aliphatic hydroxyl groups excluding tert-OH is 1. The average Bonchev–Trinajstić information content (AvgIpc) is 4.12. The van der Waals surface area contributed by atoms with Gasteiger partial charge in [-0.2, -0.15) is 5.10 Å². The van der Waals surface area contributed by atoms with Crippen LogP contribution in [0.25, 0.3) is 11.1 Å². The fraction of sp³-hybridized carbons (Fsp3) is 0.553. The van der Waals surface area contributed by atoms with Gasteiger partial charge in [0.05, 0.1) is 24.3 Å². The number of ether oxygens (including phenoxy) is 1. The van der Waals surface area contributed by atoms with Crippen LogP contribution in [0.3, 0.4) is 0 Å². The molecule has 12 heteroatoms. The van der Waals surface area contributed by atoms with Crippen LogP contribution >= 0.6 is 0 Å². The number of amides is 2. The van der Waals surface area contributed by atoms with Gasteiger partial charge in [-0.05, 0) is 142 Å². The Hall–Kier alpha value is -4.81. The molecule has 310 valence electrons. The van der Waals surface area contributed by atoms with Crippen LogP contribution in [0.4, 0.5) is 11.4 Å². The summed E-state index contributed by atoms with van der Waals surface area (Å²) < 4.78 is 9.20. The van der Waals surface area contributed by atoms with Gasteiger partial charge >= 0.3 is 5.97 Å². The number of hydrogen-bond donors (Lipinski definition) is 2. The number of aliphatic hydroxyl groups is 1. The quantitative estimate of drug-likeness (QED) is 0.174. The Labute approximate surface area is 346 Å². The Morgan fingerprint density at radius 1 is 0.983 bits per heavy atom. The van der Waals surface area contributed by atoms with Gasteiger partial charge in [0.2, 0.25) is 0 Å². The SMILES string of the molecule is COC(=O)C12CCC(CCN3CCc4c(nc(C(=O)Nc5cccc(-c6cccc7c6CCN7C(=O)c6cc7n(n6)CCCC7C6CC[C@@H](O)C6)c5C)n4C)C3)(CC1)C2. The largest absolute Gasteiger partial charge is 0.469 e. The molecule has 2 aromatic heterocycles. The van der Waals surface area contributed by atoms with Gasteiger partial charge in [0.15, 0.2) is 11.5 Å². The topological polar surface area (TPSA) is 135 Å². The normalized spacial score (nSPS) is 27.1. The number of methoxy groups -OCH3 is 1. The third-order valence-corrected chi connectivity index (χ3v) is 15.6. The molecule has 2 aromatic carbocycles. The third kappa shape index (κ3) is 6.52. The van der Waals surface area contributed by atoms with Crippen LogP contribution in [-0.4, -0.2) is 80.0 Å². The molecule has 3 fully saturated rings. The van der Waals surface area contributed by atoms with E-state index in [1.54, 1.807) is 0 Å². The molecule has 12 nitrogen and oxygen atoms in total. The van der Waals surface area contributed by atoms with Gasteiger partial charge in [-0.1, -0.05) is 24.3 Å². The minimum Gasteiger partial charge on any atom is -0.469 e. The second-order valence-electron chi connectivity index (χ2n) is 18.7. The van der Waals surface area contributed by atoms with Crippen LogP contribution < -0.4 is 10.2 Å². The molecule has 5 heterocycles. The molecule has 3 aliphatic carbocycles. The van der Waals surface area contributed by atoms with Gasteiger partial charge in [0.1, 0.15) is 0 Å². The average molecular weight is 800 g/mol. The van der Waals surface area contributed by atoms with Crippen LogP contribution in [0.2, 0.25) is 0 Å². The number of carbonyl (C=O) groups is 3. The van der Waals surface area contributed by atoms with Crippen molar-refractivity contribution in [3.05, 3.63) is 82.2 Å². The highest BCUT2D eigenvalue weighted by Crippen LogP contribution is 2.63. The first-order valence-electron chi connectivity index (χ1n) is 22.0. The number of nitrogens with one attached hydrogen (secondary N) is 1. The number of esters is 1. The third-order valence-electron chi connectivity index (χ3n) is 15.6. The number of rotatable bonds is 9. The minimum atomic E-state index is -0.263. The van der Waals surface area contributed by atoms with Gasteiger partial charge in [0.25, 0.3) is 11.8 Å². The predicted molar refractivity (Wildman–Crippen MR) is 224 cm³/mol. The van der Waals surface area contributed by atoms with Gasteiger partial charge in [-0.15, -0.1) is 0 Å². The number of hydrogen-bond acceptors (Lipinski definition) is 8. The number of fused-ring (bicyclic) bond motifs is 5. The Morgan fingerprint density at radius 2 is 1.80 bits per heavy atom. The molecule has 4 aromatic rings. The lowest BCUT2D eigenvalue weighted by Gasteiger charge is -2.32. The van der Waals surface area contributed by atoms with E-state index in [9.17, 15) is 19.5 Å². The highest BCUT2D eigenvalue weighted by atomic mass is 16.5. The number of aromatic nitrogens is 4. The summed E-state index contributed by atoms with van der Waals surface area (Å²) in [4.78, 5) is 49.9. The number of aryl methyl sites for hydroxylation is 1. The van der Waals surface area contributed by atoms with E-state index in [1.165, 1.54) is 7.11 Å². The van der Waals surface area contributed by atoms with Crippen molar-refractivity contribution in [3.63, 3.8) is 0 Å².